The van der Waals surface area contributed by atoms with Gasteiger partial charge in [0.1, 0.15) is 11.8 Å². The van der Waals surface area contributed by atoms with E-state index in [1.54, 1.807) is 7.11 Å². The lowest BCUT2D eigenvalue weighted by atomic mass is 10.1. The first-order valence-corrected chi connectivity index (χ1v) is 7.04. The van der Waals surface area contributed by atoms with Crippen LogP contribution < -0.4 is 4.74 Å². The summed E-state index contributed by atoms with van der Waals surface area (Å²) in [5, 5.41) is 0. The summed E-state index contributed by atoms with van der Waals surface area (Å²) in [6.07, 6.45) is 2.89. The lowest BCUT2D eigenvalue weighted by Gasteiger charge is -2.26. The third-order valence-corrected chi connectivity index (χ3v) is 3.45. The maximum atomic E-state index is 11.9. The Kier molecular flexibility index (Phi) is 7.09. The van der Waals surface area contributed by atoms with Gasteiger partial charge in [-0.3, -0.25) is 9.69 Å². The van der Waals surface area contributed by atoms with Crippen molar-refractivity contribution in [3.05, 3.63) is 29.8 Å². The molecule has 1 unspecified atom stereocenters. The van der Waals surface area contributed by atoms with Gasteiger partial charge in [-0.1, -0.05) is 38.0 Å². The molecule has 0 bridgehead atoms. The van der Waals surface area contributed by atoms with Crippen molar-refractivity contribution >= 4 is 5.97 Å². The molecule has 0 N–H and O–H groups in total. The van der Waals surface area contributed by atoms with Crippen molar-refractivity contribution in [1.82, 2.24) is 4.90 Å². The van der Waals surface area contributed by atoms with Gasteiger partial charge in [-0.15, -0.1) is 0 Å². The lowest BCUT2D eigenvalue weighted by molar-refractivity contribution is -0.147. The minimum atomic E-state index is -0.204. The van der Waals surface area contributed by atoms with Gasteiger partial charge in [0.2, 0.25) is 0 Å². The van der Waals surface area contributed by atoms with Crippen molar-refractivity contribution in [2.45, 2.75) is 38.8 Å². The minimum Gasteiger partial charge on any atom is -0.496 e. The third kappa shape index (κ3) is 4.53. The summed E-state index contributed by atoms with van der Waals surface area (Å²) >= 11 is 0. The summed E-state index contributed by atoms with van der Waals surface area (Å²) in [5.74, 6) is 0.675. The summed E-state index contributed by atoms with van der Waals surface area (Å²) in [6, 6.07) is 7.67. The van der Waals surface area contributed by atoms with Gasteiger partial charge in [0.15, 0.2) is 0 Å². The summed E-state index contributed by atoms with van der Waals surface area (Å²) in [4.78, 5) is 13.9. The molecule has 4 heteroatoms. The Bertz CT molecular complexity index is 420. The Morgan fingerprint density at radius 1 is 1.30 bits per heavy atom. The van der Waals surface area contributed by atoms with Crippen LogP contribution in [-0.4, -0.2) is 38.2 Å². The highest BCUT2D eigenvalue weighted by atomic mass is 16.5. The second kappa shape index (κ2) is 8.59. The van der Waals surface area contributed by atoms with Crippen LogP contribution in [0.3, 0.4) is 0 Å². The van der Waals surface area contributed by atoms with Crippen molar-refractivity contribution < 1.29 is 14.3 Å². The van der Waals surface area contributed by atoms with E-state index in [9.17, 15) is 4.79 Å². The Balaban J connectivity index is 2.78. The molecule has 20 heavy (non-hydrogen) atoms. The summed E-state index contributed by atoms with van der Waals surface area (Å²) < 4.78 is 10.3. The number of methoxy groups -OCH3 is 2. The normalized spacial score (nSPS) is 12.2. The molecule has 1 aromatic carbocycles. The largest absolute Gasteiger partial charge is 0.496 e. The highest BCUT2D eigenvalue weighted by molar-refractivity contribution is 5.75. The maximum absolute atomic E-state index is 11.9. The highest BCUT2D eigenvalue weighted by Crippen LogP contribution is 2.21. The van der Waals surface area contributed by atoms with Crippen LogP contribution in [0.5, 0.6) is 5.75 Å². The number of para-hydroxylation sites is 1. The van der Waals surface area contributed by atoms with Gasteiger partial charge in [0, 0.05) is 12.1 Å². The van der Waals surface area contributed by atoms with Gasteiger partial charge >= 0.3 is 5.97 Å². The van der Waals surface area contributed by atoms with E-state index in [-0.39, 0.29) is 12.0 Å². The zero-order chi connectivity index (χ0) is 15.0. The van der Waals surface area contributed by atoms with E-state index in [4.69, 9.17) is 9.47 Å². The molecular weight excluding hydrogens is 254 g/mol. The fraction of sp³-hybridized carbons (Fsp3) is 0.562. The predicted octanol–water partition coefficient (Wildman–Crippen LogP) is 2.86. The van der Waals surface area contributed by atoms with E-state index in [1.807, 2.05) is 36.2 Å². The number of rotatable bonds is 8. The van der Waals surface area contributed by atoms with Gasteiger partial charge in [0.05, 0.1) is 14.2 Å². The Morgan fingerprint density at radius 3 is 2.60 bits per heavy atom. The SMILES string of the molecule is CCCCC(C(=O)OC)N(C)Cc1ccccc1OC. The van der Waals surface area contributed by atoms with Crippen molar-refractivity contribution in [1.29, 1.82) is 0 Å². The molecule has 0 spiro atoms. The van der Waals surface area contributed by atoms with Crippen molar-refractivity contribution in [3.8, 4) is 5.75 Å². The number of benzene rings is 1. The Morgan fingerprint density at radius 2 is 2.00 bits per heavy atom. The minimum absolute atomic E-state index is 0.171. The van der Waals surface area contributed by atoms with Crippen LogP contribution >= 0.6 is 0 Å². The number of likely N-dealkylation sites (N-methyl/N-ethyl adjacent to an activating group) is 1. The monoisotopic (exact) mass is 279 g/mol. The first-order chi connectivity index (χ1) is 9.63. The number of carbonyl (C=O) groups is 1. The van der Waals surface area contributed by atoms with Gasteiger partial charge in [-0.05, 0) is 19.5 Å². The summed E-state index contributed by atoms with van der Waals surface area (Å²) in [5.41, 5.74) is 1.07. The lowest BCUT2D eigenvalue weighted by Crippen LogP contribution is -2.38. The van der Waals surface area contributed by atoms with Crippen LogP contribution in [-0.2, 0) is 16.1 Å². The van der Waals surface area contributed by atoms with Crippen LogP contribution in [0.4, 0.5) is 0 Å². The number of ether oxygens (including phenoxy) is 2. The van der Waals surface area contributed by atoms with E-state index in [0.29, 0.717) is 6.54 Å². The van der Waals surface area contributed by atoms with Crippen LogP contribution in [0.1, 0.15) is 31.7 Å². The Labute approximate surface area is 121 Å². The van der Waals surface area contributed by atoms with E-state index in [1.165, 1.54) is 7.11 Å². The average molecular weight is 279 g/mol. The molecule has 4 nitrogen and oxygen atoms in total. The molecule has 0 saturated carbocycles. The molecule has 0 radical (unpaired) electrons. The summed E-state index contributed by atoms with van der Waals surface area (Å²) in [6.45, 7) is 2.78. The van der Waals surface area contributed by atoms with Gasteiger partial charge in [-0.25, -0.2) is 0 Å². The molecule has 0 aromatic heterocycles. The quantitative estimate of drug-likeness (QED) is 0.686. The van der Waals surface area contributed by atoms with Crippen molar-refractivity contribution in [2.24, 2.45) is 0 Å². The molecule has 0 saturated heterocycles. The molecule has 0 heterocycles. The first kappa shape index (κ1) is 16.5. The predicted molar refractivity (Wildman–Crippen MR) is 79.8 cm³/mol. The third-order valence-electron chi connectivity index (χ3n) is 3.45. The number of unbranched alkanes of at least 4 members (excludes halogenated alkanes) is 1. The average Bonchev–Trinajstić information content (AvgIpc) is 2.47. The van der Waals surface area contributed by atoms with E-state index in [0.717, 1.165) is 30.6 Å². The molecule has 1 atom stereocenters. The van der Waals surface area contributed by atoms with Crippen molar-refractivity contribution in [2.75, 3.05) is 21.3 Å². The maximum Gasteiger partial charge on any atom is 0.323 e. The second-order valence-electron chi connectivity index (χ2n) is 4.91. The molecule has 0 aliphatic rings. The van der Waals surface area contributed by atoms with Gasteiger partial charge < -0.3 is 9.47 Å². The van der Waals surface area contributed by atoms with Crippen LogP contribution in [0.15, 0.2) is 24.3 Å². The molecule has 112 valence electrons. The zero-order valence-electron chi connectivity index (χ0n) is 12.9. The number of esters is 1. The Hall–Kier alpha value is -1.55. The second-order valence-corrected chi connectivity index (χ2v) is 4.91. The van der Waals surface area contributed by atoms with E-state index >= 15 is 0 Å². The van der Waals surface area contributed by atoms with Crippen molar-refractivity contribution in [3.63, 3.8) is 0 Å². The number of nitrogens with zero attached hydrogens (tertiary/aromatic N) is 1. The van der Waals surface area contributed by atoms with Crippen LogP contribution in [0.2, 0.25) is 0 Å². The zero-order valence-corrected chi connectivity index (χ0v) is 12.9. The van der Waals surface area contributed by atoms with Gasteiger partial charge in [-0.2, -0.15) is 0 Å². The molecule has 1 aromatic rings. The molecule has 0 aliphatic carbocycles. The van der Waals surface area contributed by atoms with Crippen LogP contribution in [0, 0.1) is 0 Å². The molecule has 0 aliphatic heterocycles. The fourth-order valence-corrected chi connectivity index (χ4v) is 2.26. The number of hydrogen-bond donors (Lipinski definition) is 0. The van der Waals surface area contributed by atoms with Crippen LogP contribution in [0.25, 0.3) is 0 Å². The molecule has 1 rings (SSSR count). The molecule has 0 amide bonds. The highest BCUT2D eigenvalue weighted by Gasteiger charge is 2.24. The smallest absolute Gasteiger partial charge is 0.323 e. The summed E-state index contributed by atoms with van der Waals surface area (Å²) in [7, 11) is 5.05. The molecule has 0 fully saturated rings. The van der Waals surface area contributed by atoms with E-state index < -0.39 is 0 Å². The molecular formula is C16H25NO3. The first-order valence-electron chi connectivity index (χ1n) is 7.04. The van der Waals surface area contributed by atoms with Gasteiger partial charge in [0.25, 0.3) is 0 Å². The topological polar surface area (TPSA) is 38.8 Å². The number of carbonyl (C=O) groups excluding carboxylic acids is 1. The van der Waals surface area contributed by atoms with E-state index in [2.05, 4.69) is 6.92 Å². The standard InChI is InChI=1S/C16H25NO3/c1-5-6-10-14(16(18)20-4)17(2)12-13-9-7-8-11-15(13)19-3/h7-9,11,14H,5-6,10,12H2,1-4H3. The fourth-order valence-electron chi connectivity index (χ4n) is 2.26. The number of hydrogen-bond acceptors (Lipinski definition) is 4.